The summed E-state index contributed by atoms with van der Waals surface area (Å²) in [6.45, 7) is -5.11. The van der Waals surface area contributed by atoms with Crippen LogP contribution in [0.5, 0.6) is 0 Å². The fourth-order valence-corrected chi connectivity index (χ4v) is 1.66. The molecule has 3 nitrogen and oxygen atoms in total. The van der Waals surface area contributed by atoms with Gasteiger partial charge >= 0.3 is 0 Å². The molecule has 14 heavy (non-hydrogen) atoms. The van der Waals surface area contributed by atoms with Crippen molar-refractivity contribution in [1.29, 1.82) is 0 Å². The van der Waals surface area contributed by atoms with Gasteiger partial charge < -0.3 is 15.1 Å². The van der Waals surface area contributed by atoms with E-state index < -0.39 is 14.0 Å². The Morgan fingerprint density at radius 1 is 1.50 bits per heavy atom. The van der Waals surface area contributed by atoms with Crippen LogP contribution >= 0.6 is 11.8 Å². The first-order valence-electron chi connectivity index (χ1n) is 7.28. The van der Waals surface area contributed by atoms with Gasteiger partial charge in [0.1, 0.15) is 11.5 Å². The SMILES string of the molecule is [2H]C([2H])([2H])N(Cc1ccc(CSCCN)o1)C([2H])([2H])[2H]. The molecule has 0 fully saturated rings. The second-order valence-electron chi connectivity index (χ2n) is 2.80. The maximum Gasteiger partial charge on any atom is 0.118 e. The predicted molar refractivity (Wildman–Crippen MR) is 61.3 cm³/mol. The van der Waals surface area contributed by atoms with Gasteiger partial charge in [-0.05, 0) is 26.1 Å². The third kappa shape index (κ3) is 4.17. The van der Waals surface area contributed by atoms with E-state index in [-0.39, 0.29) is 6.54 Å². The van der Waals surface area contributed by atoms with Crippen LogP contribution in [0.2, 0.25) is 0 Å². The molecule has 4 heteroatoms. The van der Waals surface area contributed by atoms with Crippen molar-refractivity contribution in [2.45, 2.75) is 12.3 Å². The molecule has 0 aliphatic heterocycles. The lowest BCUT2D eigenvalue weighted by molar-refractivity contribution is 0.344. The second kappa shape index (κ2) is 6.11. The van der Waals surface area contributed by atoms with Crippen molar-refractivity contribution in [3.05, 3.63) is 23.7 Å². The number of hydrogen-bond donors (Lipinski definition) is 1. The van der Waals surface area contributed by atoms with Crippen LogP contribution in [0, 0.1) is 0 Å². The Morgan fingerprint density at radius 2 is 2.29 bits per heavy atom. The van der Waals surface area contributed by atoms with Gasteiger partial charge in [0.25, 0.3) is 0 Å². The van der Waals surface area contributed by atoms with Gasteiger partial charge in [0, 0.05) is 20.5 Å². The molecule has 0 aliphatic carbocycles. The molecule has 1 rings (SSSR count). The lowest BCUT2D eigenvalue weighted by atomic mass is 10.4. The Morgan fingerprint density at radius 3 is 3.00 bits per heavy atom. The monoisotopic (exact) mass is 220 g/mol. The molecular formula is C10H18N2OS. The Labute approximate surface area is 98.1 Å². The van der Waals surface area contributed by atoms with Gasteiger partial charge in [-0.25, -0.2) is 0 Å². The third-order valence-electron chi connectivity index (χ3n) is 1.54. The van der Waals surface area contributed by atoms with E-state index in [4.69, 9.17) is 18.4 Å². The van der Waals surface area contributed by atoms with Crippen LogP contribution in [0.3, 0.4) is 0 Å². The molecule has 0 aliphatic rings. The zero-order valence-corrected chi connectivity index (χ0v) is 8.64. The molecule has 80 valence electrons. The molecule has 0 aromatic carbocycles. The van der Waals surface area contributed by atoms with Gasteiger partial charge in [0.2, 0.25) is 0 Å². The Balaban J connectivity index is 2.70. The smallest absolute Gasteiger partial charge is 0.118 e. The van der Waals surface area contributed by atoms with Crippen molar-refractivity contribution in [1.82, 2.24) is 4.90 Å². The second-order valence-corrected chi connectivity index (χ2v) is 3.90. The van der Waals surface area contributed by atoms with Gasteiger partial charge in [0.15, 0.2) is 0 Å². The molecule has 0 saturated heterocycles. The van der Waals surface area contributed by atoms with Crippen LogP contribution in [0.4, 0.5) is 0 Å². The summed E-state index contributed by atoms with van der Waals surface area (Å²) in [5.41, 5.74) is 5.38. The summed E-state index contributed by atoms with van der Waals surface area (Å²) in [4.78, 5) is 0.468. The summed E-state index contributed by atoms with van der Waals surface area (Å²) in [7, 11) is 0. The highest BCUT2D eigenvalue weighted by Crippen LogP contribution is 2.15. The van der Waals surface area contributed by atoms with E-state index in [0.717, 1.165) is 5.75 Å². The van der Waals surface area contributed by atoms with Crippen molar-refractivity contribution in [3.8, 4) is 0 Å². The van der Waals surface area contributed by atoms with Gasteiger partial charge in [-0.2, -0.15) is 11.8 Å². The average Bonchev–Trinajstić information content (AvgIpc) is 2.71. The number of nitrogens with zero attached hydrogens (tertiary/aromatic N) is 1. The van der Waals surface area contributed by atoms with Crippen molar-refractivity contribution in [2.75, 3.05) is 26.2 Å². The van der Waals surface area contributed by atoms with Crippen LogP contribution < -0.4 is 5.73 Å². The van der Waals surface area contributed by atoms with E-state index in [9.17, 15) is 0 Å². The zero-order valence-electron chi connectivity index (χ0n) is 13.8. The quantitative estimate of drug-likeness (QED) is 0.738. The Kier molecular flexibility index (Phi) is 2.44. The first-order chi connectivity index (χ1) is 9.14. The van der Waals surface area contributed by atoms with Gasteiger partial charge in [0.05, 0.1) is 12.3 Å². The highest BCUT2D eigenvalue weighted by atomic mass is 32.2. The van der Waals surface area contributed by atoms with E-state index in [2.05, 4.69) is 0 Å². The zero-order chi connectivity index (χ0) is 15.4. The summed E-state index contributed by atoms with van der Waals surface area (Å²) in [5.74, 6) is 2.42. The van der Waals surface area contributed by atoms with E-state index in [1.165, 1.54) is 0 Å². The maximum absolute atomic E-state index is 7.28. The summed E-state index contributed by atoms with van der Waals surface area (Å²) >= 11 is 1.60. The molecule has 0 atom stereocenters. The van der Waals surface area contributed by atoms with Crippen LogP contribution in [0.15, 0.2) is 16.5 Å². The topological polar surface area (TPSA) is 42.4 Å². The summed E-state index contributed by atoms with van der Waals surface area (Å²) in [6.07, 6.45) is 0. The summed E-state index contributed by atoms with van der Waals surface area (Å²) in [6, 6.07) is 3.32. The highest BCUT2D eigenvalue weighted by molar-refractivity contribution is 7.98. The fraction of sp³-hybridized carbons (Fsp3) is 0.600. The first-order valence-corrected chi connectivity index (χ1v) is 5.43. The summed E-state index contributed by atoms with van der Waals surface area (Å²) in [5, 5.41) is 0. The van der Waals surface area contributed by atoms with Crippen molar-refractivity contribution >= 4 is 11.8 Å². The molecule has 0 saturated carbocycles. The van der Waals surface area contributed by atoms with Gasteiger partial charge in [-0.15, -0.1) is 0 Å². The molecule has 1 aromatic heterocycles. The number of furan rings is 1. The van der Waals surface area contributed by atoms with E-state index in [0.29, 0.717) is 28.7 Å². The predicted octanol–water partition coefficient (Wildman–Crippen LogP) is 1.53. The standard InChI is InChI=1S/C10H18N2OS/c1-12(2)7-9-3-4-10(13-9)8-14-6-5-11/h3-4H,5-8,11H2,1-2H3/i1D3,2D3. The van der Waals surface area contributed by atoms with E-state index in [1.807, 2.05) is 0 Å². The highest BCUT2D eigenvalue weighted by Gasteiger charge is 2.02. The molecule has 0 spiro atoms. The minimum atomic E-state index is -2.70. The van der Waals surface area contributed by atoms with Crippen molar-refractivity contribution in [2.24, 2.45) is 5.73 Å². The van der Waals surface area contributed by atoms with E-state index >= 15 is 0 Å². The molecule has 0 bridgehead atoms. The van der Waals surface area contributed by atoms with Gasteiger partial charge in [-0.1, -0.05) is 0 Å². The normalized spacial score (nSPS) is 19.3. The van der Waals surface area contributed by atoms with Crippen LogP contribution in [0.1, 0.15) is 19.7 Å². The van der Waals surface area contributed by atoms with E-state index in [1.54, 1.807) is 23.9 Å². The minimum absolute atomic E-state index is 0.283. The van der Waals surface area contributed by atoms with Crippen LogP contribution in [0.25, 0.3) is 0 Å². The van der Waals surface area contributed by atoms with Crippen LogP contribution in [-0.2, 0) is 12.3 Å². The number of rotatable bonds is 6. The van der Waals surface area contributed by atoms with Crippen molar-refractivity contribution in [3.63, 3.8) is 0 Å². The Hall–Kier alpha value is -0.450. The molecular weight excluding hydrogens is 196 g/mol. The lowest BCUT2D eigenvalue weighted by Gasteiger charge is -2.05. The molecule has 2 N–H and O–H groups in total. The summed E-state index contributed by atoms with van der Waals surface area (Å²) < 4.78 is 49.1. The number of hydrogen-bond acceptors (Lipinski definition) is 4. The van der Waals surface area contributed by atoms with Crippen LogP contribution in [-0.4, -0.2) is 31.1 Å². The Bertz CT molecular complexity index is 403. The molecule has 0 radical (unpaired) electrons. The lowest BCUT2D eigenvalue weighted by Crippen LogP contribution is -2.09. The average molecular weight is 220 g/mol. The third-order valence-corrected chi connectivity index (χ3v) is 2.55. The molecule has 0 amide bonds. The maximum atomic E-state index is 7.28. The number of nitrogens with two attached hydrogens (primary N) is 1. The molecule has 0 unspecified atom stereocenters. The fourth-order valence-electron chi connectivity index (χ4n) is 0.997. The van der Waals surface area contributed by atoms with Crippen molar-refractivity contribution < 1.29 is 12.6 Å². The largest absolute Gasteiger partial charge is 0.464 e. The first kappa shape index (κ1) is 5.58. The molecule has 1 heterocycles. The van der Waals surface area contributed by atoms with Gasteiger partial charge in [-0.3, -0.25) is 0 Å². The molecule has 1 aromatic rings. The number of thioether (sulfide) groups is 1. The minimum Gasteiger partial charge on any atom is -0.464 e.